The number of nitrogens with zero attached hydrogens (tertiary/aromatic N) is 2. The number of pyridine rings is 1. The van der Waals surface area contributed by atoms with Gasteiger partial charge in [-0.1, -0.05) is 0 Å². The molecule has 7 nitrogen and oxygen atoms in total. The Morgan fingerprint density at radius 2 is 1.94 bits per heavy atom. The molecule has 4 N–H and O–H groups in total. The number of rotatable bonds is 2. The van der Waals surface area contributed by atoms with Gasteiger partial charge in [0, 0.05) is 18.7 Å². The standard InChI is InChI=1S/C10H16N4O3S/c1-7-9(11)8(6-13-10(7)12)18(15,16)14-2-4-17-5-3-14/h6H,2-5H2,1H3,(H4,11,12,13). The van der Waals surface area contributed by atoms with Crippen molar-refractivity contribution in [2.24, 2.45) is 0 Å². The second-order valence-electron chi connectivity index (χ2n) is 4.06. The van der Waals surface area contributed by atoms with Crippen molar-refractivity contribution in [1.82, 2.24) is 9.29 Å². The summed E-state index contributed by atoms with van der Waals surface area (Å²) in [4.78, 5) is 3.87. The van der Waals surface area contributed by atoms with Gasteiger partial charge in [0.1, 0.15) is 10.7 Å². The zero-order chi connectivity index (χ0) is 13.3. The van der Waals surface area contributed by atoms with E-state index in [9.17, 15) is 8.42 Å². The molecule has 0 radical (unpaired) electrons. The van der Waals surface area contributed by atoms with Crippen molar-refractivity contribution in [2.45, 2.75) is 11.8 Å². The number of hydrogen-bond donors (Lipinski definition) is 2. The molecule has 0 unspecified atom stereocenters. The first-order valence-corrected chi connectivity index (χ1v) is 6.97. The molecule has 0 aromatic carbocycles. The quantitative estimate of drug-likeness (QED) is 0.756. The van der Waals surface area contributed by atoms with Gasteiger partial charge in [-0.15, -0.1) is 0 Å². The first kappa shape index (κ1) is 13.1. The number of anilines is 2. The third-order valence-electron chi connectivity index (χ3n) is 2.96. The number of hydrogen-bond acceptors (Lipinski definition) is 6. The number of sulfonamides is 1. The number of nitrogens with two attached hydrogens (primary N) is 2. The average molecular weight is 272 g/mol. The van der Waals surface area contributed by atoms with E-state index in [0.29, 0.717) is 31.9 Å². The fourth-order valence-electron chi connectivity index (χ4n) is 1.75. The lowest BCUT2D eigenvalue weighted by Crippen LogP contribution is -2.41. The fraction of sp³-hybridized carbons (Fsp3) is 0.500. The van der Waals surface area contributed by atoms with E-state index in [1.165, 1.54) is 10.5 Å². The molecular weight excluding hydrogens is 256 g/mol. The van der Waals surface area contributed by atoms with E-state index in [-0.39, 0.29) is 16.4 Å². The normalized spacial score (nSPS) is 17.8. The molecule has 0 saturated carbocycles. The zero-order valence-electron chi connectivity index (χ0n) is 10.1. The van der Waals surface area contributed by atoms with Gasteiger partial charge >= 0.3 is 0 Å². The third kappa shape index (κ3) is 2.14. The lowest BCUT2D eigenvalue weighted by Gasteiger charge is -2.26. The maximum atomic E-state index is 12.4. The highest BCUT2D eigenvalue weighted by Crippen LogP contribution is 2.27. The Kier molecular flexibility index (Phi) is 3.42. The van der Waals surface area contributed by atoms with Crippen LogP contribution in [0.1, 0.15) is 5.56 Å². The monoisotopic (exact) mass is 272 g/mol. The highest BCUT2D eigenvalue weighted by molar-refractivity contribution is 7.89. The summed E-state index contributed by atoms with van der Waals surface area (Å²) in [7, 11) is -3.62. The number of ether oxygens (including phenoxy) is 1. The predicted molar refractivity (Wildman–Crippen MR) is 67.4 cm³/mol. The van der Waals surface area contributed by atoms with Crippen LogP contribution in [-0.4, -0.2) is 44.0 Å². The van der Waals surface area contributed by atoms with E-state index in [1.807, 2.05) is 0 Å². The van der Waals surface area contributed by atoms with E-state index >= 15 is 0 Å². The zero-order valence-corrected chi connectivity index (χ0v) is 10.9. The van der Waals surface area contributed by atoms with Gasteiger partial charge in [0.05, 0.1) is 25.1 Å². The molecular formula is C10H16N4O3S. The largest absolute Gasteiger partial charge is 0.397 e. The van der Waals surface area contributed by atoms with Crippen molar-refractivity contribution >= 4 is 21.5 Å². The molecule has 0 spiro atoms. The highest BCUT2D eigenvalue weighted by atomic mass is 32.2. The first-order chi connectivity index (χ1) is 8.44. The molecule has 0 atom stereocenters. The van der Waals surface area contributed by atoms with Crippen LogP contribution in [-0.2, 0) is 14.8 Å². The van der Waals surface area contributed by atoms with Crippen LogP contribution in [0, 0.1) is 6.92 Å². The van der Waals surface area contributed by atoms with Crippen LogP contribution in [0.15, 0.2) is 11.1 Å². The molecule has 2 heterocycles. The molecule has 0 aliphatic carbocycles. The summed E-state index contributed by atoms with van der Waals surface area (Å²) in [5.74, 6) is 0.244. The summed E-state index contributed by atoms with van der Waals surface area (Å²) >= 11 is 0. The minimum Gasteiger partial charge on any atom is -0.397 e. The van der Waals surface area contributed by atoms with Gasteiger partial charge in [-0.25, -0.2) is 13.4 Å². The van der Waals surface area contributed by atoms with Crippen molar-refractivity contribution in [2.75, 3.05) is 37.8 Å². The summed E-state index contributed by atoms with van der Waals surface area (Å²) in [6.45, 7) is 3.08. The van der Waals surface area contributed by atoms with Gasteiger partial charge in [0.2, 0.25) is 10.0 Å². The lowest BCUT2D eigenvalue weighted by atomic mass is 10.2. The van der Waals surface area contributed by atoms with Crippen LogP contribution in [0.25, 0.3) is 0 Å². The van der Waals surface area contributed by atoms with Gasteiger partial charge < -0.3 is 16.2 Å². The predicted octanol–water partition coefficient (Wildman–Crippen LogP) is -0.425. The van der Waals surface area contributed by atoms with Crippen LogP contribution < -0.4 is 11.5 Å². The Morgan fingerprint density at radius 1 is 1.33 bits per heavy atom. The van der Waals surface area contributed by atoms with Gasteiger partial charge in [-0.05, 0) is 6.92 Å². The maximum Gasteiger partial charge on any atom is 0.246 e. The molecule has 18 heavy (non-hydrogen) atoms. The Balaban J connectivity index is 2.44. The number of nitrogen functional groups attached to an aromatic ring is 2. The molecule has 0 bridgehead atoms. The maximum absolute atomic E-state index is 12.4. The van der Waals surface area contributed by atoms with Crippen LogP contribution in [0.5, 0.6) is 0 Å². The summed E-state index contributed by atoms with van der Waals surface area (Å²) in [6.07, 6.45) is 1.21. The Labute approximate surface area is 106 Å². The minimum absolute atomic E-state index is 0.0103. The molecule has 1 aromatic heterocycles. The van der Waals surface area contributed by atoms with Gasteiger partial charge in [-0.3, -0.25) is 0 Å². The van der Waals surface area contributed by atoms with Crippen LogP contribution >= 0.6 is 0 Å². The van der Waals surface area contributed by atoms with Crippen molar-refractivity contribution in [3.63, 3.8) is 0 Å². The van der Waals surface area contributed by atoms with Crippen molar-refractivity contribution in [1.29, 1.82) is 0 Å². The topological polar surface area (TPSA) is 112 Å². The second kappa shape index (κ2) is 4.71. The lowest BCUT2D eigenvalue weighted by molar-refractivity contribution is 0.0730. The molecule has 100 valence electrons. The molecule has 1 fully saturated rings. The van der Waals surface area contributed by atoms with Gasteiger partial charge in [0.15, 0.2) is 0 Å². The van der Waals surface area contributed by atoms with E-state index < -0.39 is 10.0 Å². The SMILES string of the molecule is Cc1c(N)ncc(S(=O)(=O)N2CCOCC2)c1N. The molecule has 2 rings (SSSR count). The minimum atomic E-state index is -3.62. The summed E-state index contributed by atoms with van der Waals surface area (Å²) < 4.78 is 31.2. The van der Waals surface area contributed by atoms with Crippen molar-refractivity contribution < 1.29 is 13.2 Å². The molecule has 1 aliphatic rings. The fourth-order valence-corrected chi connectivity index (χ4v) is 3.27. The average Bonchev–Trinajstić information content (AvgIpc) is 2.37. The summed E-state index contributed by atoms with van der Waals surface area (Å²) in [5, 5.41) is 0. The van der Waals surface area contributed by atoms with Crippen LogP contribution in [0.4, 0.5) is 11.5 Å². The summed E-state index contributed by atoms with van der Waals surface area (Å²) in [5.41, 5.74) is 12.1. The second-order valence-corrected chi connectivity index (χ2v) is 5.97. The van der Waals surface area contributed by atoms with E-state index in [4.69, 9.17) is 16.2 Å². The number of aromatic nitrogens is 1. The smallest absolute Gasteiger partial charge is 0.246 e. The number of morpholine rings is 1. The molecule has 1 aromatic rings. The third-order valence-corrected chi connectivity index (χ3v) is 4.89. The highest BCUT2D eigenvalue weighted by Gasteiger charge is 2.29. The molecule has 8 heteroatoms. The van der Waals surface area contributed by atoms with Gasteiger partial charge in [-0.2, -0.15) is 4.31 Å². The molecule has 0 amide bonds. The molecule has 1 saturated heterocycles. The van der Waals surface area contributed by atoms with Crippen LogP contribution in [0.3, 0.4) is 0 Å². The Bertz CT molecular complexity index is 552. The van der Waals surface area contributed by atoms with E-state index in [1.54, 1.807) is 6.92 Å². The van der Waals surface area contributed by atoms with Crippen molar-refractivity contribution in [3.05, 3.63) is 11.8 Å². The van der Waals surface area contributed by atoms with Crippen LogP contribution in [0.2, 0.25) is 0 Å². The Hall–Kier alpha value is -1.38. The van der Waals surface area contributed by atoms with Gasteiger partial charge in [0.25, 0.3) is 0 Å². The summed E-state index contributed by atoms with van der Waals surface area (Å²) in [6, 6.07) is 0. The van der Waals surface area contributed by atoms with Crippen molar-refractivity contribution in [3.8, 4) is 0 Å². The van der Waals surface area contributed by atoms with E-state index in [2.05, 4.69) is 4.98 Å². The molecule has 1 aliphatic heterocycles. The first-order valence-electron chi connectivity index (χ1n) is 5.53. The Morgan fingerprint density at radius 3 is 2.56 bits per heavy atom. The van der Waals surface area contributed by atoms with E-state index in [0.717, 1.165) is 0 Å².